The van der Waals surface area contributed by atoms with Gasteiger partial charge in [-0.1, -0.05) is 0 Å². The minimum absolute atomic E-state index is 0. The highest BCUT2D eigenvalue weighted by Crippen LogP contribution is 1.72. The van der Waals surface area contributed by atoms with Crippen molar-refractivity contribution in [2.24, 2.45) is 0 Å². The number of hydrogen-bond acceptors (Lipinski definition) is 1. The molecule has 0 aliphatic rings. The first-order valence-corrected chi connectivity index (χ1v) is 2.48. The molecule has 1 N–H and O–H groups in total. The Morgan fingerprint density at radius 3 is 1.88 bits per heavy atom. The zero-order valence-electron chi connectivity index (χ0n) is 5.26. The molecule has 0 fully saturated rings. The van der Waals surface area contributed by atoms with E-state index in [1.54, 1.807) is 0 Å². The lowest BCUT2D eigenvalue weighted by molar-refractivity contribution is 0.612. The fraction of sp³-hybridized carbons (Fsp3) is 0.750. The van der Waals surface area contributed by atoms with Gasteiger partial charge in [0, 0.05) is 34.6 Å². The van der Waals surface area contributed by atoms with Crippen molar-refractivity contribution in [3.8, 4) is 0 Å². The molecule has 4 heteroatoms. The summed E-state index contributed by atoms with van der Waals surface area (Å²) in [5.74, 6) is 0. The molecule has 0 heterocycles. The van der Waals surface area contributed by atoms with E-state index in [0.717, 1.165) is 5.11 Å². The van der Waals surface area contributed by atoms with E-state index in [2.05, 4.69) is 5.32 Å². The Labute approximate surface area is 62.7 Å². The van der Waals surface area contributed by atoms with Crippen LogP contribution in [0.15, 0.2) is 0 Å². The monoisotopic (exact) mass is 150 g/mol. The van der Waals surface area contributed by atoms with Crippen LogP contribution in [0, 0.1) is 0 Å². The summed E-state index contributed by atoms with van der Waals surface area (Å²) in [4.78, 5) is 1.84. The fourth-order valence-electron chi connectivity index (χ4n) is 0.224. The van der Waals surface area contributed by atoms with Gasteiger partial charge >= 0.3 is 0 Å². The fourth-order valence-corrected chi connectivity index (χ4v) is 0.224. The van der Waals surface area contributed by atoms with Crippen molar-refractivity contribution in [2.45, 2.75) is 0 Å². The summed E-state index contributed by atoms with van der Waals surface area (Å²) in [6.45, 7) is 0. The van der Waals surface area contributed by atoms with E-state index in [0.29, 0.717) is 0 Å². The molecule has 0 saturated carbocycles. The van der Waals surface area contributed by atoms with Crippen molar-refractivity contribution < 1.29 is 0 Å². The zero-order valence-corrected chi connectivity index (χ0v) is 6.90. The summed E-state index contributed by atoms with van der Waals surface area (Å²) in [5, 5.41) is 3.59. The molecule has 0 atom stereocenters. The van der Waals surface area contributed by atoms with Crippen LogP contribution in [-0.2, 0) is 0 Å². The summed E-state index contributed by atoms with van der Waals surface area (Å²) in [6.07, 6.45) is 0. The van der Waals surface area contributed by atoms with E-state index in [4.69, 9.17) is 12.2 Å². The summed E-state index contributed by atoms with van der Waals surface area (Å²) in [6, 6.07) is 0. The van der Waals surface area contributed by atoms with Gasteiger partial charge in [0.2, 0.25) is 0 Å². The lowest BCUT2D eigenvalue weighted by Gasteiger charge is -2.11. The molecule has 0 saturated heterocycles. The number of thiocarbonyl (C=S) groups is 1. The third kappa shape index (κ3) is 4.21. The van der Waals surface area contributed by atoms with Gasteiger partial charge in [-0.15, -0.1) is 0 Å². The van der Waals surface area contributed by atoms with E-state index in [-0.39, 0.29) is 13.5 Å². The van der Waals surface area contributed by atoms with Gasteiger partial charge in [0.25, 0.3) is 0 Å². The second kappa shape index (κ2) is 5.18. The first-order chi connectivity index (χ1) is 3.18. The molecule has 2 nitrogen and oxygen atoms in total. The molecule has 0 unspecified atom stereocenters. The Morgan fingerprint density at radius 2 is 1.88 bits per heavy atom. The molecule has 2 radical (unpaired) electrons. The van der Waals surface area contributed by atoms with Crippen molar-refractivity contribution in [3.63, 3.8) is 0 Å². The maximum atomic E-state index is 4.79. The van der Waals surface area contributed by atoms with Crippen LogP contribution in [0.2, 0.25) is 0 Å². The molecule has 8 heavy (non-hydrogen) atoms. The zero-order chi connectivity index (χ0) is 5.86. The van der Waals surface area contributed by atoms with E-state index < -0.39 is 0 Å². The maximum absolute atomic E-state index is 4.79. The maximum Gasteiger partial charge on any atom is 0.168 e. The van der Waals surface area contributed by atoms with Crippen LogP contribution in [-0.4, -0.2) is 31.2 Å². The molecule has 0 aromatic carbocycles. The van der Waals surface area contributed by atoms with Gasteiger partial charge in [-0.2, -0.15) is 0 Å². The van der Waals surface area contributed by atoms with Gasteiger partial charge in [-0.3, -0.25) is 0 Å². The van der Waals surface area contributed by atoms with Gasteiger partial charge in [-0.25, -0.2) is 0 Å². The minimum atomic E-state index is 0. The lowest BCUT2D eigenvalue weighted by Crippen LogP contribution is -2.30. The van der Waals surface area contributed by atoms with Gasteiger partial charge in [0.15, 0.2) is 5.11 Å². The highest BCUT2D eigenvalue weighted by atomic mass is 32.1. The quantitative estimate of drug-likeness (QED) is 0.512. The Balaban J connectivity index is 0. The van der Waals surface area contributed by atoms with Crippen LogP contribution < -0.4 is 5.32 Å². The number of hydrogen-bond donors (Lipinski definition) is 1. The third-order valence-corrected chi connectivity index (χ3v) is 1.19. The van der Waals surface area contributed by atoms with Crippen LogP contribution in [0.1, 0.15) is 0 Å². The molecule has 0 aromatic heterocycles. The molecule has 0 rings (SSSR count). The predicted molar refractivity (Wildman–Crippen MR) is 42.9 cm³/mol. The topological polar surface area (TPSA) is 15.3 Å². The van der Waals surface area contributed by atoms with Crippen molar-refractivity contribution in [1.82, 2.24) is 10.2 Å². The van der Waals surface area contributed by atoms with Crippen molar-refractivity contribution in [3.05, 3.63) is 0 Å². The third-order valence-electron chi connectivity index (χ3n) is 0.620. The Morgan fingerprint density at radius 1 is 1.50 bits per heavy atom. The van der Waals surface area contributed by atoms with Crippen LogP contribution in [0.25, 0.3) is 0 Å². The number of rotatable bonds is 0. The van der Waals surface area contributed by atoms with E-state index in [9.17, 15) is 0 Å². The Bertz CT molecular complexity index is 72.4. The smallest absolute Gasteiger partial charge is 0.168 e. The largest absolute Gasteiger partial charge is 0.366 e. The Kier molecular flexibility index (Phi) is 7.08. The molecule has 0 bridgehead atoms. The van der Waals surface area contributed by atoms with Crippen molar-refractivity contribution >= 4 is 30.8 Å². The van der Waals surface area contributed by atoms with Crippen LogP contribution in [0.4, 0.5) is 0 Å². The molecule has 0 aliphatic heterocycles. The van der Waals surface area contributed by atoms with Crippen LogP contribution in [0.3, 0.4) is 0 Å². The minimum Gasteiger partial charge on any atom is -0.366 e. The summed E-state index contributed by atoms with van der Waals surface area (Å²) >= 11 is 4.79. The summed E-state index contributed by atoms with van der Waals surface area (Å²) in [7, 11) is 5.61. The SMILES string of the molecule is CNC(=S)N(C)C.[S]. The normalized spacial score (nSPS) is 6.88. The average Bonchev–Trinajstić information content (AvgIpc) is 1.65. The van der Waals surface area contributed by atoms with E-state index in [1.165, 1.54) is 0 Å². The van der Waals surface area contributed by atoms with Crippen LogP contribution >= 0.6 is 25.7 Å². The standard InChI is InChI=1S/C4H10N2S.S/c1-5-4(7)6(2)3;/h1-3H3,(H,5,7);. The Hall–Kier alpha value is 0.0400. The van der Waals surface area contributed by atoms with Gasteiger partial charge in [0.1, 0.15) is 0 Å². The average molecular weight is 150 g/mol. The molecule has 0 aliphatic carbocycles. The van der Waals surface area contributed by atoms with Crippen LogP contribution in [0.5, 0.6) is 0 Å². The van der Waals surface area contributed by atoms with Gasteiger partial charge < -0.3 is 10.2 Å². The predicted octanol–water partition coefficient (Wildman–Crippen LogP) is 0.701. The summed E-state index contributed by atoms with van der Waals surface area (Å²) < 4.78 is 0. The molecule has 0 spiro atoms. The first-order valence-electron chi connectivity index (χ1n) is 2.07. The van der Waals surface area contributed by atoms with Crippen molar-refractivity contribution in [1.29, 1.82) is 0 Å². The second-order valence-electron chi connectivity index (χ2n) is 1.45. The van der Waals surface area contributed by atoms with E-state index in [1.807, 2.05) is 26.0 Å². The molecule has 0 aromatic rings. The highest BCUT2D eigenvalue weighted by Gasteiger charge is 1.88. The number of nitrogens with zero attached hydrogens (tertiary/aromatic N) is 1. The molecular formula is C4H10N2S2. The lowest BCUT2D eigenvalue weighted by atomic mass is 10.9. The van der Waals surface area contributed by atoms with Gasteiger partial charge in [-0.05, 0) is 12.2 Å². The molecule has 48 valence electrons. The molecular weight excluding hydrogens is 140 g/mol. The summed E-state index contributed by atoms with van der Waals surface area (Å²) in [5.41, 5.74) is 0. The van der Waals surface area contributed by atoms with Crippen molar-refractivity contribution in [2.75, 3.05) is 21.1 Å². The first kappa shape index (κ1) is 10.9. The molecule has 0 amide bonds. The second-order valence-corrected chi connectivity index (χ2v) is 1.84. The highest BCUT2D eigenvalue weighted by molar-refractivity contribution is 7.80. The van der Waals surface area contributed by atoms with E-state index >= 15 is 0 Å². The number of nitrogens with one attached hydrogen (secondary N) is 1. The van der Waals surface area contributed by atoms with Gasteiger partial charge in [0.05, 0.1) is 0 Å².